The molecule has 0 heterocycles. The lowest BCUT2D eigenvalue weighted by atomic mass is 10.2. The third-order valence-electron chi connectivity index (χ3n) is 1.44. The zero-order chi connectivity index (χ0) is 10.4. The number of hydrogen-bond acceptors (Lipinski definition) is 1. The van der Waals surface area contributed by atoms with Crippen molar-refractivity contribution in [3.63, 3.8) is 0 Å². The Morgan fingerprint density at radius 1 is 1.31 bits per heavy atom. The van der Waals surface area contributed by atoms with E-state index in [0.29, 0.717) is 5.75 Å². The van der Waals surface area contributed by atoms with Crippen molar-refractivity contribution in [2.45, 2.75) is 20.8 Å². The summed E-state index contributed by atoms with van der Waals surface area (Å²) >= 11 is 5.51. The minimum absolute atomic E-state index is 0.128. The minimum atomic E-state index is -0.450. The first-order valence-electron chi connectivity index (χ1n) is 4.15. The van der Waals surface area contributed by atoms with Crippen molar-refractivity contribution >= 4 is 11.6 Å². The van der Waals surface area contributed by atoms with E-state index in [0.717, 1.165) is 5.56 Å². The zero-order valence-electron chi connectivity index (χ0n) is 8.32. The van der Waals surface area contributed by atoms with Gasteiger partial charge in [0.05, 0.1) is 12.1 Å². The van der Waals surface area contributed by atoms with Crippen molar-refractivity contribution in [1.29, 1.82) is 0 Å². The van der Waals surface area contributed by atoms with E-state index in [4.69, 9.17) is 16.3 Å². The summed E-state index contributed by atoms with van der Waals surface area (Å²) in [4.78, 5) is 0. The Bertz CT molecular complexity index is 274. The van der Waals surface area contributed by atoms with Crippen LogP contribution >= 0.6 is 11.6 Å². The van der Waals surface area contributed by atoms with Crippen molar-refractivity contribution in [2.24, 2.45) is 0 Å². The summed E-state index contributed by atoms with van der Waals surface area (Å²) in [5, 5.41) is 0.128. The lowest BCUT2D eigenvalue weighted by molar-refractivity contribution is 0.408. The molecule has 0 fully saturated rings. The van der Waals surface area contributed by atoms with Gasteiger partial charge in [-0.2, -0.15) is 0 Å². The fourth-order valence-electron chi connectivity index (χ4n) is 0.848. The number of rotatable bonds is 1. The maximum Gasteiger partial charge on any atom is 0.145 e. The summed E-state index contributed by atoms with van der Waals surface area (Å²) in [6.07, 6.45) is 0. The van der Waals surface area contributed by atoms with Gasteiger partial charge in [-0.3, -0.25) is 0 Å². The summed E-state index contributed by atoms with van der Waals surface area (Å²) < 4.78 is 17.6. The molecule has 1 rings (SSSR count). The molecule has 1 aromatic rings. The lowest BCUT2D eigenvalue weighted by Gasteiger charge is -2.04. The molecule has 0 saturated heterocycles. The van der Waals surface area contributed by atoms with Crippen LogP contribution in [0, 0.1) is 12.7 Å². The Morgan fingerprint density at radius 2 is 1.85 bits per heavy atom. The second-order valence-corrected chi connectivity index (χ2v) is 2.64. The second-order valence-electron chi connectivity index (χ2n) is 2.24. The van der Waals surface area contributed by atoms with Crippen molar-refractivity contribution < 1.29 is 9.13 Å². The molecule has 0 aliphatic carbocycles. The topological polar surface area (TPSA) is 9.23 Å². The van der Waals surface area contributed by atoms with Crippen molar-refractivity contribution in [1.82, 2.24) is 0 Å². The molecule has 0 aliphatic heterocycles. The van der Waals surface area contributed by atoms with Crippen LogP contribution in [0.25, 0.3) is 0 Å². The molecule has 13 heavy (non-hydrogen) atoms. The number of benzene rings is 1. The number of ether oxygens (including phenoxy) is 1. The Morgan fingerprint density at radius 3 is 2.31 bits per heavy atom. The van der Waals surface area contributed by atoms with E-state index < -0.39 is 5.82 Å². The number of hydrogen-bond donors (Lipinski definition) is 0. The van der Waals surface area contributed by atoms with Gasteiger partial charge in [0.1, 0.15) is 11.6 Å². The molecule has 74 valence electrons. The normalized spacial score (nSPS) is 8.77. The maximum absolute atomic E-state index is 12.7. The second kappa shape index (κ2) is 5.81. The van der Waals surface area contributed by atoms with Gasteiger partial charge in [-0.25, -0.2) is 4.39 Å². The van der Waals surface area contributed by atoms with E-state index in [1.165, 1.54) is 19.2 Å². The Balaban J connectivity index is 0.000000671. The van der Waals surface area contributed by atoms with E-state index >= 15 is 0 Å². The van der Waals surface area contributed by atoms with Crippen LogP contribution < -0.4 is 4.74 Å². The van der Waals surface area contributed by atoms with Crippen LogP contribution in [0.3, 0.4) is 0 Å². The molecular formula is C10H14ClFO. The maximum atomic E-state index is 12.7. The van der Waals surface area contributed by atoms with E-state index in [9.17, 15) is 4.39 Å². The number of methoxy groups -OCH3 is 1. The van der Waals surface area contributed by atoms with Crippen LogP contribution in [0.2, 0.25) is 5.02 Å². The number of halogens is 2. The molecule has 1 aromatic carbocycles. The largest absolute Gasteiger partial charge is 0.496 e. The van der Waals surface area contributed by atoms with Crippen molar-refractivity contribution in [3.05, 3.63) is 28.5 Å². The SMILES string of the molecule is CC.COc1cc(F)c(Cl)cc1C. The molecule has 0 saturated carbocycles. The molecule has 1 nitrogen and oxygen atoms in total. The van der Waals surface area contributed by atoms with E-state index in [-0.39, 0.29) is 5.02 Å². The van der Waals surface area contributed by atoms with Gasteiger partial charge in [0.2, 0.25) is 0 Å². The average molecular weight is 205 g/mol. The van der Waals surface area contributed by atoms with Crippen molar-refractivity contribution in [2.75, 3.05) is 7.11 Å². The fraction of sp³-hybridized carbons (Fsp3) is 0.400. The summed E-state index contributed by atoms with van der Waals surface area (Å²) in [5.74, 6) is 0.0704. The van der Waals surface area contributed by atoms with Crippen molar-refractivity contribution in [3.8, 4) is 5.75 Å². The molecule has 0 aliphatic rings. The highest BCUT2D eigenvalue weighted by Crippen LogP contribution is 2.24. The first-order valence-corrected chi connectivity index (χ1v) is 4.52. The average Bonchev–Trinajstić information content (AvgIpc) is 2.15. The molecule has 0 aromatic heterocycles. The van der Waals surface area contributed by atoms with Gasteiger partial charge in [0.15, 0.2) is 0 Å². The summed E-state index contributed by atoms with van der Waals surface area (Å²) in [7, 11) is 1.50. The highest BCUT2D eigenvalue weighted by atomic mass is 35.5. The van der Waals surface area contributed by atoms with E-state index in [1.807, 2.05) is 20.8 Å². The molecule has 0 unspecified atom stereocenters. The molecular weight excluding hydrogens is 191 g/mol. The molecule has 0 amide bonds. The zero-order valence-corrected chi connectivity index (χ0v) is 9.07. The predicted molar refractivity (Wildman–Crippen MR) is 54.0 cm³/mol. The van der Waals surface area contributed by atoms with Gasteiger partial charge in [0.25, 0.3) is 0 Å². The highest BCUT2D eigenvalue weighted by molar-refractivity contribution is 6.30. The van der Waals surface area contributed by atoms with Gasteiger partial charge >= 0.3 is 0 Å². The van der Waals surface area contributed by atoms with E-state index in [2.05, 4.69) is 0 Å². The Labute approximate surface area is 83.5 Å². The van der Waals surface area contributed by atoms with Gasteiger partial charge in [-0.15, -0.1) is 0 Å². The van der Waals surface area contributed by atoms with E-state index in [1.54, 1.807) is 0 Å². The van der Waals surface area contributed by atoms with Gasteiger partial charge in [0, 0.05) is 6.07 Å². The molecule has 0 spiro atoms. The monoisotopic (exact) mass is 204 g/mol. The summed E-state index contributed by atoms with van der Waals surface area (Å²) in [6.45, 7) is 5.81. The van der Waals surface area contributed by atoms with Crippen LogP contribution in [0.5, 0.6) is 5.75 Å². The Kier molecular flexibility index (Phi) is 5.47. The van der Waals surface area contributed by atoms with Gasteiger partial charge in [-0.1, -0.05) is 25.4 Å². The highest BCUT2D eigenvalue weighted by Gasteiger charge is 2.04. The molecule has 0 N–H and O–H groups in total. The standard InChI is InChI=1S/C8H8ClFO.C2H6/c1-5-3-6(9)7(10)4-8(5)11-2;1-2/h3-4H,1-2H3;1-2H3. The summed E-state index contributed by atoms with van der Waals surface area (Å²) in [5.41, 5.74) is 0.832. The van der Waals surface area contributed by atoms with Crippen LogP contribution in [-0.4, -0.2) is 7.11 Å². The fourth-order valence-corrected chi connectivity index (χ4v) is 1.07. The van der Waals surface area contributed by atoms with Gasteiger partial charge < -0.3 is 4.74 Å². The third-order valence-corrected chi connectivity index (χ3v) is 1.73. The molecule has 0 radical (unpaired) electrons. The van der Waals surface area contributed by atoms with Crippen LogP contribution in [0.1, 0.15) is 19.4 Å². The summed E-state index contributed by atoms with van der Waals surface area (Å²) in [6, 6.07) is 2.81. The first-order chi connectivity index (χ1) is 6.15. The van der Waals surface area contributed by atoms with Gasteiger partial charge in [-0.05, 0) is 18.6 Å². The van der Waals surface area contributed by atoms with Crippen LogP contribution in [0.15, 0.2) is 12.1 Å². The molecule has 0 atom stereocenters. The third kappa shape index (κ3) is 3.23. The smallest absolute Gasteiger partial charge is 0.145 e. The quantitative estimate of drug-likeness (QED) is 0.676. The molecule has 0 bridgehead atoms. The predicted octanol–water partition coefficient (Wildman–Crippen LogP) is 3.82. The minimum Gasteiger partial charge on any atom is -0.496 e. The molecule has 3 heteroatoms. The lowest BCUT2D eigenvalue weighted by Crippen LogP contribution is -1.88. The Hall–Kier alpha value is -0.760. The first kappa shape index (κ1) is 12.2. The number of aryl methyl sites for hydroxylation is 1. The van der Waals surface area contributed by atoms with Crippen LogP contribution in [-0.2, 0) is 0 Å². The van der Waals surface area contributed by atoms with Crippen LogP contribution in [0.4, 0.5) is 4.39 Å².